The Morgan fingerprint density at radius 2 is 1.80 bits per heavy atom. The van der Waals surface area contributed by atoms with Gasteiger partial charge >= 0.3 is 0 Å². The molecule has 0 radical (unpaired) electrons. The summed E-state index contributed by atoms with van der Waals surface area (Å²) in [4.78, 5) is 13.9. The number of nitrogens with zero attached hydrogens (tertiary/aromatic N) is 1. The molecule has 1 aromatic rings. The molecule has 1 aliphatic heterocycles. The van der Waals surface area contributed by atoms with Gasteiger partial charge in [0.25, 0.3) is 0 Å². The van der Waals surface area contributed by atoms with Crippen molar-refractivity contribution >= 4 is 5.91 Å². The highest BCUT2D eigenvalue weighted by Crippen LogP contribution is 2.20. The van der Waals surface area contributed by atoms with Crippen LogP contribution in [0.5, 0.6) is 5.75 Å². The number of hydrogen-bond acceptors (Lipinski definition) is 3. The zero-order valence-corrected chi connectivity index (χ0v) is 12.6. The average Bonchev–Trinajstić information content (AvgIpc) is 2.40. The quantitative estimate of drug-likeness (QED) is 0.920. The first kappa shape index (κ1) is 14.9. The van der Waals surface area contributed by atoms with Crippen LogP contribution in [0.3, 0.4) is 0 Å². The van der Waals surface area contributed by atoms with E-state index in [1.54, 1.807) is 13.8 Å². The van der Waals surface area contributed by atoms with E-state index in [0.717, 1.165) is 31.7 Å². The lowest BCUT2D eigenvalue weighted by Crippen LogP contribution is -2.54. The number of nitrogens with two attached hydrogens (primary N) is 1. The zero-order chi connectivity index (χ0) is 14.8. The number of benzene rings is 1. The summed E-state index contributed by atoms with van der Waals surface area (Å²) >= 11 is 0. The van der Waals surface area contributed by atoms with Crippen molar-refractivity contribution in [1.82, 2.24) is 4.90 Å². The van der Waals surface area contributed by atoms with Crippen LogP contribution < -0.4 is 10.5 Å². The number of ether oxygens (including phenoxy) is 1. The molecule has 20 heavy (non-hydrogen) atoms. The van der Waals surface area contributed by atoms with Gasteiger partial charge in [0.05, 0.1) is 5.54 Å². The molecular formula is C16H24N2O2. The molecule has 0 unspecified atom stereocenters. The highest BCUT2D eigenvalue weighted by atomic mass is 16.5. The van der Waals surface area contributed by atoms with Crippen molar-refractivity contribution in [3.63, 3.8) is 0 Å². The van der Waals surface area contributed by atoms with Gasteiger partial charge in [-0.2, -0.15) is 0 Å². The monoisotopic (exact) mass is 276 g/mol. The second-order valence-electron chi connectivity index (χ2n) is 6.14. The Labute approximate surface area is 120 Å². The topological polar surface area (TPSA) is 55.6 Å². The molecule has 4 nitrogen and oxygen atoms in total. The predicted octanol–water partition coefficient (Wildman–Crippen LogP) is 2.10. The summed E-state index contributed by atoms with van der Waals surface area (Å²) in [7, 11) is 0. The van der Waals surface area contributed by atoms with E-state index in [0.29, 0.717) is 0 Å². The van der Waals surface area contributed by atoms with Crippen molar-refractivity contribution in [3.8, 4) is 5.75 Å². The van der Waals surface area contributed by atoms with Gasteiger partial charge in [0.2, 0.25) is 5.91 Å². The van der Waals surface area contributed by atoms with Crippen LogP contribution in [0.25, 0.3) is 0 Å². The SMILES string of the molecule is Cc1ccc(OC2CCN(C(=O)C(C)(C)N)CC2)cc1. The van der Waals surface area contributed by atoms with E-state index < -0.39 is 5.54 Å². The Balaban J connectivity index is 1.85. The first-order valence-electron chi connectivity index (χ1n) is 7.18. The van der Waals surface area contributed by atoms with Gasteiger partial charge in [-0.1, -0.05) is 17.7 Å². The van der Waals surface area contributed by atoms with Crippen LogP contribution in [0, 0.1) is 6.92 Å². The lowest BCUT2D eigenvalue weighted by atomic mass is 10.0. The van der Waals surface area contributed by atoms with E-state index in [4.69, 9.17) is 10.5 Å². The summed E-state index contributed by atoms with van der Waals surface area (Å²) in [6.07, 6.45) is 1.90. The Hall–Kier alpha value is -1.55. The number of rotatable bonds is 3. The normalized spacial score (nSPS) is 17.1. The molecule has 0 atom stereocenters. The van der Waals surface area contributed by atoms with Gasteiger partial charge in [0.15, 0.2) is 0 Å². The summed E-state index contributed by atoms with van der Waals surface area (Å²) in [6, 6.07) is 8.08. The lowest BCUT2D eigenvalue weighted by Gasteiger charge is -2.35. The van der Waals surface area contributed by atoms with E-state index in [2.05, 4.69) is 6.92 Å². The second-order valence-corrected chi connectivity index (χ2v) is 6.14. The maximum atomic E-state index is 12.1. The Kier molecular flexibility index (Phi) is 4.33. The molecule has 0 aliphatic carbocycles. The number of likely N-dealkylation sites (tertiary alicyclic amines) is 1. The maximum Gasteiger partial charge on any atom is 0.242 e. The van der Waals surface area contributed by atoms with Gasteiger partial charge in [-0.15, -0.1) is 0 Å². The van der Waals surface area contributed by atoms with Crippen molar-refractivity contribution in [1.29, 1.82) is 0 Å². The van der Waals surface area contributed by atoms with Crippen LogP contribution in [0.1, 0.15) is 32.3 Å². The molecule has 0 bridgehead atoms. The second kappa shape index (κ2) is 5.83. The van der Waals surface area contributed by atoms with Gasteiger partial charge in [-0.3, -0.25) is 4.79 Å². The van der Waals surface area contributed by atoms with E-state index in [1.807, 2.05) is 29.2 Å². The third-order valence-corrected chi connectivity index (χ3v) is 3.60. The van der Waals surface area contributed by atoms with Gasteiger partial charge < -0.3 is 15.4 Å². The third-order valence-electron chi connectivity index (χ3n) is 3.60. The predicted molar refractivity (Wildman–Crippen MR) is 79.7 cm³/mol. The van der Waals surface area contributed by atoms with Gasteiger partial charge in [0, 0.05) is 25.9 Å². The molecule has 2 rings (SSSR count). The molecule has 1 heterocycles. The molecule has 1 saturated heterocycles. The molecule has 1 aliphatic rings. The van der Waals surface area contributed by atoms with Gasteiger partial charge in [-0.25, -0.2) is 0 Å². The fourth-order valence-corrected chi connectivity index (χ4v) is 2.39. The highest BCUT2D eigenvalue weighted by molar-refractivity contribution is 5.85. The fourth-order valence-electron chi connectivity index (χ4n) is 2.39. The Morgan fingerprint density at radius 1 is 1.25 bits per heavy atom. The van der Waals surface area contributed by atoms with Crippen LogP contribution in [0.2, 0.25) is 0 Å². The van der Waals surface area contributed by atoms with Gasteiger partial charge in [0.1, 0.15) is 11.9 Å². The van der Waals surface area contributed by atoms with E-state index in [1.165, 1.54) is 5.56 Å². The molecular weight excluding hydrogens is 252 g/mol. The van der Waals surface area contributed by atoms with Crippen molar-refractivity contribution in [3.05, 3.63) is 29.8 Å². The smallest absolute Gasteiger partial charge is 0.242 e. The zero-order valence-electron chi connectivity index (χ0n) is 12.6. The standard InChI is InChI=1S/C16H24N2O2/c1-12-4-6-13(7-5-12)20-14-8-10-18(11-9-14)15(19)16(2,3)17/h4-7,14H,8-11,17H2,1-3H3. The average molecular weight is 276 g/mol. The third kappa shape index (κ3) is 3.73. The maximum absolute atomic E-state index is 12.1. The molecule has 1 amide bonds. The summed E-state index contributed by atoms with van der Waals surface area (Å²) in [5.41, 5.74) is 6.30. The number of aryl methyl sites for hydroxylation is 1. The summed E-state index contributed by atoms with van der Waals surface area (Å²) in [5.74, 6) is 0.922. The van der Waals surface area contributed by atoms with E-state index in [-0.39, 0.29) is 12.0 Å². The number of piperidine rings is 1. The minimum atomic E-state index is -0.787. The van der Waals surface area contributed by atoms with Gasteiger partial charge in [-0.05, 0) is 32.9 Å². The molecule has 0 spiro atoms. The summed E-state index contributed by atoms with van der Waals surface area (Å²) in [5, 5.41) is 0. The fraction of sp³-hybridized carbons (Fsp3) is 0.562. The Bertz CT molecular complexity index is 454. The van der Waals surface area contributed by atoms with E-state index >= 15 is 0 Å². The highest BCUT2D eigenvalue weighted by Gasteiger charge is 2.31. The van der Waals surface area contributed by atoms with Crippen molar-refractivity contribution in [2.75, 3.05) is 13.1 Å². The number of amides is 1. The minimum absolute atomic E-state index is 0.0197. The van der Waals surface area contributed by atoms with Crippen molar-refractivity contribution < 1.29 is 9.53 Å². The molecule has 110 valence electrons. The molecule has 1 fully saturated rings. The van der Waals surface area contributed by atoms with Crippen LogP contribution >= 0.6 is 0 Å². The lowest BCUT2D eigenvalue weighted by molar-refractivity contribution is -0.137. The summed E-state index contributed by atoms with van der Waals surface area (Å²) < 4.78 is 5.95. The van der Waals surface area contributed by atoms with Crippen LogP contribution in [0.15, 0.2) is 24.3 Å². The molecule has 0 saturated carbocycles. The first-order chi connectivity index (χ1) is 9.36. The summed E-state index contributed by atoms with van der Waals surface area (Å²) in [6.45, 7) is 7.00. The molecule has 0 aromatic heterocycles. The van der Waals surface area contributed by atoms with Crippen molar-refractivity contribution in [2.45, 2.75) is 45.3 Å². The Morgan fingerprint density at radius 3 is 2.30 bits per heavy atom. The molecule has 4 heteroatoms. The minimum Gasteiger partial charge on any atom is -0.490 e. The number of carbonyl (C=O) groups excluding carboxylic acids is 1. The van der Waals surface area contributed by atoms with E-state index in [9.17, 15) is 4.79 Å². The number of hydrogen-bond donors (Lipinski definition) is 1. The first-order valence-corrected chi connectivity index (χ1v) is 7.18. The molecule has 2 N–H and O–H groups in total. The van der Waals surface area contributed by atoms with Crippen LogP contribution in [-0.2, 0) is 4.79 Å². The van der Waals surface area contributed by atoms with Crippen molar-refractivity contribution in [2.24, 2.45) is 5.73 Å². The van der Waals surface area contributed by atoms with Crippen LogP contribution in [0.4, 0.5) is 0 Å². The largest absolute Gasteiger partial charge is 0.490 e. The number of carbonyl (C=O) groups is 1. The van der Waals surface area contributed by atoms with Crippen LogP contribution in [-0.4, -0.2) is 35.5 Å². The molecule has 1 aromatic carbocycles.